The van der Waals surface area contributed by atoms with Crippen molar-refractivity contribution in [1.29, 1.82) is 0 Å². The molecule has 6 heteroatoms. The molecule has 0 fully saturated rings. The fourth-order valence-electron chi connectivity index (χ4n) is 2.63. The number of hydrogen-bond donors (Lipinski definition) is 1. The summed E-state index contributed by atoms with van der Waals surface area (Å²) in [7, 11) is 0. The van der Waals surface area contributed by atoms with Crippen LogP contribution in [0.25, 0.3) is 0 Å². The SMILES string of the molecule is CCc1nnc(CN2CCCc3cc(C(=O)O)ccc32)o1. The second-order valence-electron chi connectivity index (χ2n) is 5.12. The Bertz CT molecular complexity index is 666. The summed E-state index contributed by atoms with van der Waals surface area (Å²) in [5.74, 6) is 0.352. The van der Waals surface area contributed by atoms with E-state index in [1.807, 2.05) is 13.0 Å². The van der Waals surface area contributed by atoms with Crippen LogP contribution in [-0.4, -0.2) is 27.8 Å². The molecule has 0 aliphatic carbocycles. The van der Waals surface area contributed by atoms with Crippen molar-refractivity contribution in [2.75, 3.05) is 11.4 Å². The highest BCUT2D eigenvalue weighted by atomic mass is 16.4. The van der Waals surface area contributed by atoms with Gasteiger partial charge in [0.15, 0.2) is 0 Å². The third kappa shape index (κ3) is 2.74. The molecule has 0 radical (unpaired) electrons. The van der Waals surface area contributed by atoms with Gasteiger partial charge in [0.05, 0.1) is 12.1 Å². The minimum atomic E-state index is -0.889. The van der Waals surface area contributed by atoms with Crippen LogP contribution in [0.15, 0.2) is 22.6 Å². The number of aromatic nitrogens is 2. The average molecular weight is 287 g/mol. The number of carboxylic acids is 1. The standard InChI is InChI=1S/C15H17N3O3/c1-2-13-16-17-14(21-13)9-18-7-3-4-10-8-11(15(19)20)5-6-12(10)18/h5-6,8H,2-4,7,9H2,1H3,(H,19,20). The summed E-state index contributed by atoms with van der Waals surface area (Å²) in [6.07, 6.45) is 2.62. The molecule has 1 aliphatic heterocycles. The van der Waals surface area contributed by atoms with Crippen molar-refractivity contribution >= 4 is 11.7 Å². The highest BCUT2D eigenvalue weighted by molar-refractivity contribution is 5.88. The normalized spacial score (nSPS) is 14.0. The van der Waals surface area contributed by atoms with E-state index in [-0.39, 0.29) is 0 Å². The van der Waals surface area contributed by atoms with Gasteiger partial charge >= 0.3 is 5.97 Å². The number of nitrogens with zero attached hydrogens (tertiary/aromatic N) is 3. The fourth-order valence-corrected chi connectivity index (χ4v) is 2.63. The Morgan fingerprint density at radius 1 is 1.38 bits per heavy atom. The van der Waals surface area contributed by atoms with Gasteiger partial charge in [0, 0.05) is 18.7 Å². The van der Waals surface area contributed by atoms with Crippen molar-refractivity contribution in [3.8, 4) is 0 Å². The second kappa shape index (κ2) is 5.55. The maximum Gasteiger partial charge on any atom is 0.335 e. The Kier molecular flexibility index (Phi) is 3.60. The van der Waals surface area contributed by atoms with Gasteiger partial charge in [-0.2, -0.15) is 0 Å². The van der Waals surface area contributed by atoms with Crippen molar-refractivity contribution < 1.29 is 14.3 Å². The van der Waals surface area contributed by atoms with E-state index in [4.69, 9.17) is 9.52 Å². The lowest BCUT2D eigenvalue weighted by Gasteiger charge is -2.30. The van der Waals surface area contributed by atoms with Crippen LogP contribution < -0.4 is 4.90 Å². The molecule has 6 nitrogen and oxygen atoms in total. The van der Waals surface area contributed by atoms with Crippen LogP contribution in [0.2, 0.25) is 0 Å². The van der Waals surface area contributed by atoms with Gasteiger partial charge in [0.1, 0.15) is 0 Å². The number of carboxylic acid groups (broad SMARTS) is 1. The van der Waals surface area contributed by atoms with Gasteiger partial charge in [0.2, 0.25) is 11.8 Å². The first-order chi connectivity index (χ1) is 10.2. The fraction of sp³-hybridized carbons (Fsp3) is 0.400. The zero-order valence-corrected chi connectivity index (χ0v) is 11.9. The Morgan fingerprint density at radius 2 is 2.19 bits per heavy atom. The van der Waals surface area contributed by atoms with Gasteiger partial charge in [-0.1, -0.05) is 6.92 Å². The molecule has 0 unspecified atom stereocenters. The number of fused-ring (bicyclic) bond motifs is 1. The third-order valence-corrected chi connectivity index (χ3v) is 3.68. The number of hydrogen-bond acceptors (Lipinski definition) is 5. The lowest BCUT2D eigenvalue weighted by Crippen LogP contribution is -2.29. The number of aromatic carboxylic acids is 1. The Balaban J connectivity index is 1.84. The molecule has 21 heavy (non-hydrogen) atoms. The number of aryl methyl sites for hydroxylation is 2. The molecular formula is C15H17N3O3. The van der Waals surface area contributed by atoms with E-state index in [0.29, 0.717) is 23.9 Å². The quantitative estimate of drug-likeness (QED) is 0.929. The van der Waals surface area contributed by atoms with Crippen molar-refractivity contribution in [2.24, 2.45) is 0 Å². The first-order valence-corrected chi connectivity index (χ1v) is 7.10. The first kappa shape index (κ1) is 13.6. The predicted octanol–water partition coefficient (Wildman–Crippen LogP) is 2.28. The van der Waals surface area contributed by atoms with Gasteiger partial charge in [0.25, 0.3) is 0 Å². The maximum absolute atomic E-state index is 11.0. The molecule has 0 amide bonds. The van der Waals surface area contributed by atoms with Gasteiger partial charge in [-0.3, -0.25) is 0 Å². The Hall–Kier alpha value is -2.37. The molecular weight excluding hydrogens is 270 g/mol. The molecule has 0 saturated heterocycles. The minimum Gasteiger partial charge on any atom is -0.478 e. The molecule has 2 heterocycles. The maximum atomic E-state index is 11.0. The van der Waals surface area contributed by atoms with Gasteiger partial charge in [-0.15, -0.1) is 10.2 Å². The molecule has 0 atom stereocenters. The van der Waals surface area contributed by atoms with Crippen LogP contribution in [0, 0.1) is 0 Å². The monoisotopic (exact) mass is 287 g/mol. The van der Waals surface area contributed by atoms with Crippen LogP contribution in [0.4, 0.5) is 5.69 Å². The van der Waals surface area contributed by atoms with E-state index < -0.39 is 5.97 Å². The third-order valence-electron chi connectivity index (χ3n) is 3.68. The topological polar surface area (TPSA) is 79.5 Å². The van der Waals surface area contributed by atoms with Crippen LogP contribution >= 0.6 is 0 Å². The van der Waals surface area contributed by atoms with E-state index in [1.54, 1.807) is 12.1 Å². The average Bonchev–Trinajstić information content (AvgIpc) is 2.94. The molecule has 0 bridgehead atoms. The van der Waals surface area contributed by atoms with Gasteiger partial charge in [-0.25, -0.2) is 4.79 Å². The largest absolute Gasteiger partial charge is 0.478 e. The van der Waals surface area contributed by atoms with Crippen LogP contribution in [0.5, 0.6) is 0 Å². The number of rotatable bonds is 4. The number of benzene rings is 1. The summed E-state index contributed by atoms with van der Waals surface area (Å²) >= 11 is 0. The van der Waals surface area contributed by atoms with E-state index in [0.717, 1.165) is 37.1 Å². The lowest BCUT2D eigenvalue weighted by molar-refractivity contribution is 0.0696. The lowest BCUT2D eigenvalue weighted by atomic mass is 9.99. The first-order valence-electron chi connectivity index (χ1n) is 7.10. The molecule has 110 valence electrons. The zero-order chi connectivity index (χ0) is 14.8. The molecule has 1 aromatic carbocycles. The molecule has 0 saturated carbocycles. The van der Waals surface area contributed by atoms with Crippen molar-refractivity contribution in [2.45, 2.75) is 32.7 Å². The predicted molar refractivity (Wildman–Crippen MR) is 76.4 cm³/mol. The molecule has 3 rings (SSSR count). The van der Waals surface area contributed by atoms with Crippen LogP contribution in [-0.2, 0) is 19.4 Å². The highest BCUT2D eigenvalue weighted by Gasteiger charge is 2.20. The summed E-state index contributed by atoms with van der Waals surface area (Å²) in [5, 5.41) is 17.1. The molecule has 1 aliphatic rings. The number of carbonyl (C=O) groups is 1. The van der Waals surface area contributed by atoms with Crippen LogP contribution in [0.3, 0.4) is 0 Å². The molecule has 1 aromatic heterocycles. The second-order valence-corrected chi connectivity index (χ2v) is 5.12. The summed E-state index contributed by atoms with van der Waals surface area (Å²) in [5.41, 5.74) is 2.46. The van der Waals surface area contributed by atoms with Crippen LogP contribution in [0.1, 0.15) is 41.0 Å². The van der Waals surface area contributed by atoms with Crippen molar-refractivity contribution in [1.82, 2.24) is 10.2 Å². The summed E-state index contributed by atoms with van der Waals surface area (Å²) in [4.78, 5) is 13.2. The van der Waals surface area contributed by atoms with E-state index >= 15 is 0 Å². The van der Waals surface area contributed by atoms with Crippen molar-refractivity contribution in [3.05, 3.63) is 41.1 Å². The summed E-state index contributed by atoms with van der Waals surface area (Å²) in [6, 6.07) is 5.27. The van der Waals surface area contributed by atoms with Crippen molar-refractivity contribution in [3.63, 3.8) is 0 Å². The summed E-state index contributed by atoms with van der Waals surface area (Å²) < 4.78 is 5.55. The van der Waals surface area contributed by atoms with E-state index in [9.17, 15) is 4.79 Å². The molecule has 0 spiro atoms. The molecule has 2 aromatic rings. The van der Waals surface area contributed by atoms with Gasteiger partial charge < -0.3 is 14.4 Å². The number of anilines is 1. The smallest absolute Gasteiger partial charge is 0.335 e. The Labute approximate surface area is 122 Å². The Morgan fingerprint density at radius 3 is 2.90 bits per heavy atom. The highest BCUT2D eigenvalue weighted by Crippen LogP contribution is 2.29. The van der Waals surface area contributed by atoms with Gasteiger partial charge in [-0.05, 0) is 36.6 Å². The molecule has 1 N–H and O–H groups in total. The zero-order valence-electron chi connectivity index (χ0n) is 11.9. The minimum absolute atomic E-state index is 0.335. The van der Waals surface area contributed by atoms with E-state index in [1.165, 1.54) is 0 Å². The summed E-state index contributed by atoms with van der Waals surface area (Å²) in [6.45, 7) is 3.44. The van der Waals surface area contributed by atoms with E-state index in [2.05, 4.69) is 15.1 Å².